The van der Waals surface area contributed by atoms with Crippen molar-refractivity contribution in [3.63, 3.8) is 0 Å². The fraction of sp³-hybridized carbons (Fsp3) is 0.158. The van der Waals surface area contributed by atoms with E-state index < -0.39 is 40.2 Å². The molecule has 0 aliphatic rings. The number of pyridine rings is 1. The van der Waals surface area contributed by atoms with Crippen molar-refractivity contribution < 1.29 is 27.7 Å². The van der Waals surface area contributed by atoms with Gasteiger partial charge in [0.25, 0.3) is 18.2 Å². The molecule has 4 rings (SSSR count). The van der Waals surface area contributed by atoms with Gasteiger partial charge in [-0.25, -0.2) is 13.8 Å². The third-order valence-electron chi connectivity index (χ3n) is 4.63. The second-order valence-corrected chi connectivity index (χ2v) is 7.65. The maximum Gasteiger partial charge on any atom is 0.320 e. The van der Waals surface area contributed by atoms with Gasteiger partial charge in [-0.1, -0.05) is 0 Å². The molecule has 11 nitrogen and oxygen atoms in total. The van der Waals surface area contributed by atoms with Gasteiger partial charge in [-0.05, 0) is 25.1 Å². The monoisotopic (exact) mass is 476 g/mol. The molecule has 0 saturated carbocycles. The Morgan fingerprint density at radius 1 is 1.42 bits per heavy atom. The van der Waals surface area contributed by atoms with Crippen molar-refractivity contribution in [1.29, 1.82) is 0 Å². The van der Waals surface area contributed by atoms with Crippen LogP contribution in [0.3, 0.4) is 0 Å². The Labute approximate surface area is 187 Å². The van der Waals surface area contributed by atoms with E-state index in [0.717, 1.165) is 12.3 Å². The molecule has 0 saturated heterocycles. The van der Waals surface area contributed by atoms with Gasteiger partial charge in [0.05, 0.1) is 16.9 Å². The summed E-state index contributed by atoms with van der Waals surface area (Å²) in [5, 5.41) is 17.8. The third-order valence-corrected chi connectivity index (χ3v) is 5.73. The Kier molecular flexibility index (Phi) is 5.59. The molecule has 33 heavy (non-hydrogen) atoms. The fourth-order valence-corrected chi connectivity index (χ4v) is 4.20. The molecule has 4 heterocycles. The topological polar surface area (TPSA) is 159 Å². The maximum atomic E-state index is 13.4. The van der Waals surface area contributed by atoms with Gasteiger partial charge in [-0.2, -0.15) is 5.10 Å². The average Bonchev–Trinajstić information content (AvgIpc) is 3.51. The number of halogens is 2. The number of fused-ring (bicyclic) bond motifs is 1. The molecule has 4 aromatic heterocycles. The van der Waals surface area contributed by atoms with Gasteiger partial charge < -0.3 is 15.5 Å². The predicted molar refractivity (Wildman–Crippen MR) is 113 cm³/mol. The Bertz CT molecular complexity index is 1400. The van der Waals surface area contributed by atoms with Crippen LogP contribution >= 0.6 is 11.3 Å². The van der Waals surface area contributed by atoms with Crippen LogP contribution in [0.25, 0.3) is 21.5 Å². The fourth-order valence-electron chi connectivity index (χ4n) is 3.19. The molecule has 0 bridgehead atoms. The first-order valence-electron chi connectivity index (χ1n) is 9.33. The van der Waals surface area contributed by atoms with Crippen molar-refractivity contribution in [3.8, 4) is 11.3 Å². The zero-order valence-corrected chi connectivity index (χ0v) is 17.6. The number of hydrogen-bond acceptors (Lipinski definition) is 8. The Hall–Kier alpha value is -4.20. The van der Waals surface area contributed by atoms with Crippen molar-refractivity contribution in [1.82, 2.24) is 14.8 Å². The number of hydrogen-bond donors (Lipinski definition) is 2. The Balaban J connectivity index is 1.93. The smallest absolute Gasteiger partial charge is 0.320 e. The van der Waals surface area contributed by atoms with Crippen LogP contribution in [-0.2, 0) is 6.54 Å². The highest BCUT2D eigenvalue weighted by molar-refractivity contribution is 7.21. The number of aromatic nitrogens is 3. The highest BCUT2D eigenvalue weighted by Crippen LogP contribution is 2.42. The minimum Gasteiger partial charge on any atom is -0.464 e. The quantitative estimate of drug-likeness (QED) is 0.301. The summed E-state index contributed by atoms with van der Waals surface area (Å²) in [7, 11) is 0. The van der Waals surface area contributed by atoms with Gasteiger partial charge in [-0.15, -0.1) is 11.3 Å². The summed E-state index contributed by atoms with van der Waals surface area (Å²) in [5.74, 6) is -1.76. The molecule has 0 radical (unpaired) electrons. The number of nitrogens with zero attached hydrogens (tertiary/aromatic N) is 4. The number of aryl methyl sites for hydroxylation is 1. The molecule has 0 atom stereocenters. The predicted octanol–water partition coefficient (Wildman–Crippen LogP) is 3.97. The summed E-state index contributed by atoms with van der Waals surface area (Å²) < 4.78 is 33.4. The summed E-state index contributed by atoms with van der Waals surface area (Å²) in [6.45, 7) is 1.95. The summed E-state index contributed by atoms with van der Waals surface area (Å²) >= 11 is 0.698. The Morgan fingerprint density at radius 3 is 2.76 bits per heavy atom. The number of nitrogens with two attached hydrogens (primary N) is 1. The summed E-state index contributed by atoms with van der Waals surface area (Å²) in [5.41, 5.74) is 3.85. The summed E-state index contributed by atoms with van der Waals surface area (Å²) in [6.07, 6.45) is -0.495. The maximum absolute atomic E-state index is 13.4. The first-order chi connectivity index (χ1) is 15.7. The van der Waals surface area contributed by atoms with Crippen LogP contribution in [0.4, 0.5) is 20.2 Å². The number of primary amides is 1. The van der Waals surface area contributed by atoms with Crippen LogP contribution < -0.4 is 11.1 Å². The van der Waals surface area contributed by atoms with E-state index in [1.165, 1.54) is 23.1 Å². The molecule has 0 fully saturated rings. The first kappa shape index (κ1) is 22.0. The van der Waals surface area contributed by atoms with E-state index in [9.17, 15) is 28.5 Å². The highest BCUT2D eigenvalue weighted by atomic mass is 32.1. The molecule has 0 aromatic carbocycles. The lowest BCUT2D eigenvalue weighted by Crippen LogP contribution is -2.18. The molecule has 170 valence electrons. The standard InChI is InChI=1S/C19H14F2N6O5S/c1-2-26-7-10(27(30)31)13(25-26)18(29)24-14-12-8(11-4-3-5-32-11)6-9(16(20)21)23-19(12)33-15(14)17(22)28/h3-7,16H,2H2,1H3,(H2,22,28)(H,24,29). The second-order valence-electron chi connectivity index (χ2n) is 6.65. The summed E-state index contributed by atoms with van der Waals surface area (Å²) in [6, 6.07) is 4.11. The molecule has 0 aliphatic heterocycles. The van der Waals surface area contributed by atoms with Crippen molar-refractivity contribution in [2.45, 2.75) is 19.9 Å². The molecular formula is C19H14F2N6O5S. The SMILES string of the molecule is CCn1cc([N+](=O)[O-])c(C(=O)Nc2c(C(N)=O)sc3nc(C(F)F)cc(-c4ccco4)c23)n1. The molecule has 0 aliphatic carbocycles. The van der Waals surface area contributed by atoms with E-state index in [0.29, 0.717) is 11.3 Å². The normalized spacial score (nSPS) is 11.3. The lowest BCUT2D eigenvalue weighted by atomic mass is 10.1. The number of carbonyl (C=O) groups excluding carboxylic acids is 2. The van der Waals surface area contributed by atoms with Gasteiger partial charge >= 0.3 is 5.69 Å². The van der Waals surface area contributed by atoms with E-state index >= 15 is 0 Å². The molecule has 2 amide bonds. The van der Waals surface area contributed by atoms with Gasteiger partial charge in [-0.3, -0.25) is 24.4 Å². The molecular weight excluding hydrogens is 462 g/mol. The number of anilines is 1. The molecule has 4 aromatic rings. The minimum atomic E-state index is -2.92. The second kappa shape index (κ2) is 8.38. The van der Waals surface area contributed by atoms with E-state index in [-0.39, 0.29) is 38.6 Å². The van der Waals surface area contributed by atoms with E-state index in [1.54, 1.807) is 6.92 Å². The number of nitro groups is 1. The van der Waals surface area contributed by atoms with Gasteiger partial charge in [0.2, 0.25) is 5.69 Å². The van der Waals surface area contributed by atoms with E-state index in [2.05, 4.69) is 15.4 Å². The number of alkyl halides is 2. The Morgan fingerprint density at radius 2 is 2.18 bits per heavy atom. The van der Waals surface area contributed by atoms with Gasteiger partial charge in [0, 0.05) is 17.5 Å². The molecule has 0 spiro atoms. The average molecular weight is 476 g/mol. The number of rotatable bonds is 7. The number of carbonyl (C=O) groups is 2. The van der Waals surface area contributed by atoms with Crippen LogP contribution in [-0.4, -0.2) is 31.5 Å². The minimum absolute atomic E-state index is 0.00288. The van der Waals surface area contributed by atoms with Crippen LogP contribution in [0, 0.1) is 10.1 Å². The molecule has 0 unspecified atom stereocenters. The van der Waals surface area contributed by atoms with Crippen molar-refractivity contribution in [2.75, 3.05) is 5.32 Å². The molecule has 3 N–H and O–H groups in total. The number of amides is 2. The lowest BCUT2D eigenvalue weighted by Gasteiger charge is -2.08. The van der Waals surface area contributed by atoms with E-state index in [4.69, 9.17) is 10.2 Å². The number of furan rings is 1. The zero-order chi connectivity index (χ0) is 23.9. The third kappa shape index (κ3) is 3.91. The van der Waals surface area contributed by atoms with Crippen molar-refractivity contribution in [2.24, 2.45) is 5.73 Å². The highest BCUT2D eigenvalue weighted by Gasteiger charge is 2.30. The zero-order valence-electron chi connectivity index (χ0n) is 16.7. The lowest BCUT2D eigenvalue weighted by molar-refractivity contribution is -0.385. The van der Waals surface area contributed by atoms with Gasteiger partial charge in [0.1, 0.15) is 27.4 Å². The van der Waals surface area contributed by atoms with Crippen LogP contribution in [0.5, 0.6) is 0 Å². The van der Waals surface area contributed by atoms with Crippen molar-refractivity contribution in [3.05, 3.63) is 57.0 Å². The largest absolute Gasteiger partial charge is 0.464 e. The van der Waals surface area contributed by atoms with Crippen LogP contribution in [0.2, 0.25) is 0 Å². The van der Waals surface area contributed by atoms with Crippen LogP contribution in [0.1, 0.15) is 39.2 Å². The number of nitrogens with one attached hydrogen (secondary N) is 1. The number of thiophene rings is 1. The summed E-state index contributed by atoms with van der Waals surface area (Å²) in [4.78, 5) is 39.4. The van der Waals surface area contributed by atoms with Gasteiger partial charge in [0.15, 0.2) is 0 Å². The van der Waals surface area contributed by atoms with E-state index in [1.807, 2.05) is 0 Å². The molecule has 14 heteroatoms. The van der Waals surface area contributed by atoms with Crippen LogP contribution in [0.15, 0.2) is 35.1 Å². The first-order valence-corrected chi connectivity index (χ1v) is 10.1. The van der Waals surface area contributed by atoms with Crippen molar-refractivity contribution >= 4 is 44.7 Å².